The number of para-hydroxylation sites is 4. The molecule has 10 atom stereocenters. The average Bonchev–Trinajstić information content (AvgIpc) is 3.71. The highest BCUT2D eigenvalue weighted by atomic mass is 31.2. The third-order valence-electron chi connectivity index (χ3n) is 7.44. The number of phosphoric acid groups is 2. The van der Waals surface area contributed by atoms with Crippen LogP contribution in [0.1, 0.15) is 12.5 Å². The number of ether oxygens (including phenoxy) is 2. The molecule has 3 saturated heterocycles. The molecule has 16 nitrogen and oxygen atoms in total. The highest BCUT2D eigenvalue weighted by Crippen LogP contribution is 2.53. The molecule has 4 aromatic rings. The smallest absolute Gasteiger partial charge is 0.386 e. The molecule has 0 spiro atoms. The minimum absolute atomic E-state index is 0.596. The first-order valence-electron chi connectivity index (χ1n) is 12.9. The highest BCUT2D eigenvalue weighted by molar-refractivity contribution is 7.47. The Morgan fingerprint density at radius 1 is 0.690 bits per heavy atom. The molecule has 10 unspecified atom stereocenters. The summed E-state index contributed by atoms with van der Waals surface area (Å²) >= 11 is 0. The molecule has 0 aliphatic carbocycles. The Kier molecular flexibility index (Phi) is 7.09. The molecule has 0 radical (unpaired) electrons. The van der Waals surface area contributed by atoms with Gasteiger partial charge in [-0.3, -0.25) is 18.1 Å². The van der Waals surface area contributed by atoms with Crippen molar-refractivity contribution in [3.8, 4) is 0 Å². The number of nitrogens with zero attached hydrogens (tertiary/aromatic N) is 4. The maximum atomic E-state index is 13.1. The Hall–Kier alpha value is -2.56. The van der Waals surface area contributed by atoms with Crippen LogP contribution in [0.5, 0.6) is 0 Å². The first kappa shape index (κ1) is 28.2. The van der Waals surface area contributed by atoms with Crippen molar-refractivity contribution < 1.29 is 56.7 Å². The summed E-state index contributed by atoms with van der Waals surface area (Å²) < 4.78 is 62.0. The Labute approximate surface area is 237 Å². The molecule has 5 heterocycles. The van der Waals surface area contributed by atoms with Crippen molar-refractivity contribution in [1.82, 2.24) is 19.1 Å². The summed E-state index contributed by atoms with van der Waals surface area (Å²) in [7, 11) is -9.81. The summed E-state index contributed by atoms with van der Waals surface area (Å²) in [6.45, 7) is -1.38. The van der Waals surface area contributed by atoms with E-state index < -0.39 is 77.9 Å². The van der Waals surface area contributed by atoms with Crippen LogP contribution in [0.4, 0.5) is 0 Å². The second-order valence-corrected chi connectivity index (χ2v) is 12.9. The standard InChI is InChI=1S/C24H26N4O12P2/c29-19-21-17(37-23(19)27-11-25-13-5-1-3-7-15(13)27)9-35-42(33,34)40-22-18(10-36-41(31,32)39-21)38-24(20(22)30)28-12-26-14-6-2-4-8-16(14)28/h1-8,11-12,17-24,29-30H,9-10H2,(H,31,32)(H,33,34). The number of aromatic nitrogens is 4. The van der Waals surface area contributed by atoms with Gasteiger partial charge < -0.3 is 38.6 Å². The molecule has 0 saturated carbocycles. The fourth-order valence-electron chi connectivity index (χ4n) is 5.49. The van der Waals surface area contributed by atoms with Gasteiger partial charge in [-0.15, -0.1) is 0 Å². The lowest BCUT2D eigenvalue weighted by molar-refractivity contribution is -0.0662. The van der Waals surface area contributed by atoms with Gasteiger partial charge in [0, 0.05) is 0 Å². The Balaban J connectivity index is 1.16. The van der Waals surface area contributed by atoms with Crippen LogP contribution in [0, 0.1) is 0 Å². The second kappa shape index (κ2) is 10.6. The molecule has 42 heavy (non-hydrogen) atoms. The van der Waals surface area contributed by atoms with E-state index in [2.05, 4.69) is 9.97 Å². The van der Waals surface area contributed by atoms with Gasteiger partial charge in [-0.25, -0.2) is 19.1 Å². The van der Waals surface area contributed by atoms with Crippen LogP contribution < -0.4 is 0 Å². The molecule has 0 amide bonds. The van der Waals surface area contributed by atoms with E-state index in [1.54, 1.807) is 48.5 Å². The molecule has 4 N–H and O–H groups in total. The second-order valence-electron chi connectivity index (χ2n) is 10.1. The summed E-state index contributed by atoms with van der Waals surface area (Å²) in [5.74, 6) is 0. The molecular weight excluding hydrogens is 598 g/mol. The zero-order valence-corrected chi connectivity index (χ0v) is 23.3. The predicted octanol–water partition coefficient (Wildman–Crippen LogP) is 1.62. The van der Waals surface area contributed by atoms with Crippen molar-refractivity contribution in [3.63, 3.8) is 0 Å². The molecule has 2 aromatic heterocycles. The number of benzene rings is 2. The maximum absolute atomic E-state index is 13.1. The van der Waals surface area contributed by atoms with Gasteiger partial charge in [0.1, 0.15) is 36.6 Å². The van der Waals surface area contributed by atoms with Gasteiger partial charge in [-0.2, -0.15) is 0 Å². The molecule has 3 fully saturated rings. The van der Waals surface area contributed by atoms with E-state index in [4.69, 9.17) is 27.6 Å². The van der Waals surface area contributed by atoms with Crippen LogP contribution in [0.2, 0.25) is 0 Å². The van der Waals surface area contributed by atoms with E-state index in [-0.39, 0.29) is 0 Å². The molecular formula is C24H26N4O12P2. The average molecular weight is 624 g/mol. The summed E-state index contributed by atoms with van der Waals surface area (Å²) in [6, 6.07) is 14.1. The van der Waals surface area contributed by atoms with Crippen LogP contribution in [0.25, 0.3) is 22.1 Å². The van der Waals surface area contributed by atoms with Gasteiger partial charge in [-0.05, 0) is 24.3 Å². The summed E-state index contributed by atoms with van der Waals surface area (Å²) in [6.07, 6.45) is -8.25. The van der Waals surface area contributed by atoms with Crippen molar-refractivity contribution in [3.05, 3.63) is 61.2 Å². The monoisotopic (exact) mass is 624 g/mol. The number of imidazole rings is 2. The van der Waals surface area contributed by atoms with Crippen LogP contribution in [0.3, 0.4) is 0 Å². The first-order chi connectivity index (χ1) is 20.1. The Bertz CT molecular complexity index is 1590. The Morgan fingerprint density at radius 3 is 1.52 bits per heavy atom. The maximum Gasteiger partial charge on any atom is 0.472 e. The van der Waals surface area contributed by atoms with Gasteiger partial charge in [0.2, 0.25) is 0 Å². The minimum Gasteiger partial charge on any atom is -0.386 e. The summed E-state index contributed by atoms with van der Waals surface area (Å²) in [5.41, 5.74) is 2.40. The van der Waals surface area contributed by atoms with Crippen molar-refractivity contribution >= 4 is 37.7 Å². The lowest BCUT2D eigenvalue weighted by Gasteiger charge is -2.27. The van der Waals surface area contributed by atoms with E-state index in [1.165, 1.54) is 21.8 Å². The zero-order valence-electron chi connectivity index (χ0n) is 21.5. The number of aliphatic hydroxyl groups excluding tert-OH is 2. The molecule has 18 heteroatoms. The number of fused-ring (bicyclic) bond motifs is 4. The molecule has 0 bridgehead atoms. The fraction of sp³-hybridized carbons (Fsp3) is 0.417. The van der Waals surface area contributed by atoms with Crippen molar-refractivity contribution in [2.45, 2.75) is 49.1 Å². The third kappa shape index (κ3) is 5.03. The Morgan fingerprint density at radius 2 is 1.10 bits per heavy atom. The summed E-state index contributed by atoms with van der Waals surface area (Å²) in [4.78, 5) is 29.7. The van der Waals surface area contributed by atoms with Crippen molar-refractivity contribution in [2.75, 3.05) is 13.2 Å². The van der Waals surface area contributed by atoms with Crippen LogP contribution >= 0.6 is 15.6 Å². The van der Waals surface area contributed by atoms with Gasteiger partial charge >= 0.3 is 15.6 Å². The SMILES string of the molecule is O=P1(O)OCC2OC(n3cnc4ccccc43)C(O)C2OP(=O)(O)OCC2OC(n3cnc4ccccc43)C(O)C2O1. The quantitative estimate of drug-likeness (QED) is 0.234. The van der Waals surface area contributed by atoms with Gasteiger partial charge in [0.25, 0.3) is 0 Å². The first-order valence-corrected chi connectivity index (χ1v) is 15.9. The highest BCUT2D eigenvalue weighted by Gasteiger charge is 2.53. The number of rotatable bonds is 2. The van der Waals surface area contributed by atoms with Gasteiger partial charge in [-0.1, -0.05) is 24.3 Å². The molecule has 224 valence electrons. The van der Waals surface area contributed by atoms with Crippen LogP contribution in [-0.2, 0) is 36.7 Å². The lowest BCUT2D eigenvalue weighted by atomic mass is 10.1. The van der Waals surface area contributed by atoms with E-state index in [0.717, 1.165) is 0 Å². The topological polar surface area (TPSA) is 206 Å². The number of hydrogen-bond acceptors (Lipinski definition) is 12. The van der Waals surface area contributed by atoms with Crippen molar-refractivity contribution in [1.29, 1.82) is 0 Å². The molecule has 3 aliphatic rings. The zero-order chi connectivity index (χ0) is 29.2. The van der Waals surface area contributed by atoms with Crippen molar-refractivity contribution in [2.24, 2.45) is 0 Å². The van der Waals surface area contributed by atoms with Crippen LogP contribution in [-0.4, -0.2) is 88.9 Å². The number of hydrogen-bond donors (Lipinski definition) is 4. The van der Waals surface area contributed by atoms with Gasteiger partial charge in [0.05, 0.1) is 47.9 Å². The van der Waals surface area contributed by atoms with E-state index >= 15 is 0 Å². The largest absolute Gasteiger partial charge is 0.472 e. The number of phosphoric ester groups is 2. The lowest BCUT2D eigenvalue weighted by Crippen LogP contribution is -2.39. The fourth-order valence-corrected chi connectivity index (χ4v) is 7.42. The molecule has 2 aromatic carbocycles. The third-order valence-corrected chi connectivity index (χ3v) is 9.41. The predicted molar refractivity (Wildman–Crippen MR) is 141 cm³/mol. The van der Waals surface area contributed by atoms with E-state index in [1.807, 2.05) is 0 Å². The number of aliphatic hydroxyl groups is 2. The summed E-state index contributed by atoms with van der Waals surface area (Å²) in [5, 5.41) is 22.2. The minimum atomic E-state index is -4.91. The molecule has 7 rings (SSSR count). The van der Waals surface area contributed by atoms with E-state index in [0.29, 0.717) is 22.1 Å². The normalized spacial score (nSPS) is 39.5. The van der Waals surface area contributed by atoms with E-state index in [9.17, 15) is 29.1 Å². The van der Waals surface area contributed by atoms with Gasteiger partial charge in [0.15, 0.2) is 12.5 Å². The van der Waals surface area contributed by atoms with Crippen LogP contribution in [0.15, 0.2) is 61.2 Å². The molecule has 3 aliphatic heterocycles.